The highest BCUT2D eigenvalue weighted by Crippen LogP contribution is 2.31. The first-order valence-electron chi connectivity index (χ1n) is 6.52. The molecule has 0 unspecified atom stereocenters. The predicted octanol–water partition coefficient (Wildman–Crippen LogP) is 3.32. The van der Waals surface area contributed by atoms with E-state index < -0.39 is 0 Å². The van der Waals surface area contributed by atoms with Crippen LogP contribution in [0.5, 0.6) is 0 Å². The van der Waals surface area contributed by atoms with Gasteiger partial charge >= 0.3 is 0 Å². The minimum atomic E-state index is -0.350. The summed E-state index contributed by atoms with van der Waals surface area (Å²) in [6.07, 6.45) is 3.81. The van der Waals surface area contributed by atoms with Crippen molar-refractivity contribution >= 4 is 5.69 Å². The summed E-state index contributed by atoms with van der Waals surface area (Å²) in [6.45, 7) is 6.62. The van der Waals surface area contributed by atoms with Crippen molar-refractivity contribution < 1.29 is 4.92 Å². The highest BCUT2D eigenvalue weighted by molar-refractivity contribution is 5.35. The van der Waals surface area contributed by atoms with E-state index in [1.807, 2.05) is 12.1 Å². The summed E-state index contributed by atoms with van der Waals surface area (Å²) in [7, 11) is 0. The minimum absolute atomic E-state index is 0.0461. The van der Waals surface area contributed by atoms with E-state index in [0.717, 1.165) is 18.7 Å². The molecule has 1 heterocycles. The number of hydrogen-bond donors (Lipinski definition) is 0. The number of nitro benzene ring substituents is 1. The van der Waals surface area contributed by atoms with Gasteiger partial charge in [0.2, 0.25) is 0 Å². The third-order valence-corrected chi connectivity index (χ3v) is 3.93. The molecule has 0 aromatic heterocycles. The standard InChI is InChI=1S/C14H20N2O2/c1-14(2,15-10-4-3-5-11-15)12-6-8-13(9-7-12)16(17)18/h6-9H,3-5,10-11H2,1-2H3. The maximum atomic E-state index is 10.7. The zero-order chi connectivity index (χ0) is 13.2. The molecule has 0 N–H and O–H groups in total. The lowest BCUT2D eigenvalue weighted by atomic mass is 9.90. The van der Waals surface area contributed by atoms with Gasteiger partial charge in [0.15, 0.2) is 0 Å². The smallest absolute Gasteiger partial charge is 0.269 e. The van der Waals surface area contributed by atoms with Gasteiger partial charge in [0.25, 0.3) is 5.69 Å². The van der Waals surface area contributed by atoms with Gasteiger partial charge in [-0.2, -0.15) is 0 Å². The summed E-state index contributed by atoms with van der Waals surface area (Å²) in [4.78, 5) is 12.8. The molecule has 0 bridgehead atoms. The second-order valence-corrected chi connectivity index (χ2v) is 5.41. The highest BCUT2D eigenvalue weighted by atomic mass is 16.6. The topological polar surface area (TPSA) is 46.4 Å². The third-order valence-electron chi connectivity index (χ3n) is 3.93. The Bertz CT molecular complexity index is 420. The molecule has 4 heteroatoms. The van der Waals surface area contributed by atoms with E-state index in [1.54, 1.807) is 12.1 Å². The second-order valence-electron chi connectivity index (χ2n) is 5.41. The molecule has 1 aromatic carbocycles. The maximum Gasteiger partial charge on any atom is 0.269 e. The molecule has 0 saturated carbocycles. The molecule has 18 heavy (non-hydrogen) atoms. The number of nitrogens with zero attached hydrogens (tertiary/aromatic N) is 2. The molecule has 0 radical (unpaired) electrons. The summed E-state index contributed by atoms with van der Waals surface area (Å²) >= 11 is 0. The fourth-order valence-electron chi connectivity index (χ4n) is 2.63. The van der Waals surface area contributed by atoms with Crippen LogP contribution in [0, 0.1) is 10.1 Å². The lowest BCUT2D eigenvalue weighted by Gasteiger charge is -2.41. The molecule has 98 valence electrons. The lowest BCUT2D eigenvalue weighted by Crippen LogP contribution is -2.44. The largest absolute Gasteiger partial charge is 0.294 e. The van der Waals surface area contributed by atoms with Crippen molar-refractivity contribution in [1.82, 2.24) is 4.90 Å². The van der Waals surface area contributed by atoms with Crippen molar-refractivity contribution in [2.24, 2.45) is 0 Å². The van der Waals surface area contributed by atoms with Crippen LogP contribution in [0.15, 0.2) is 24.3 Å². The molecule has 4 nitrogen and oxygen atoms in total. The number of nitro groups is 1. The molecule has 0 spiro atoms. The molecular formula is C14H20N2O2. The first kappa shape index (κ1) is 13.0. The van der Waals surface area contributed by atoms with E-state index in [1.165, 1.54) is 19.3 Å². The summed E-state index contributed by atoms with van der Waals surface area (Å²) in [6, 6.07) is 6.96. The molecule has 1 aliphatic rings. The van der Waals surface area contributed by atoms with Crippen molar-refractivity contribution in [3.05, 3.63) is 39.9 Å². The van der Waals surface area contributed by atoms with Crippen molar-refractivity contribution in [2.45, 2.75) is 38.6 Å². The van der Waals surface area contributed by atoms with Crippen LogP contribution in [0.1, 0.15) is 38.7 Å². The van der Waals surface area contributed by atoms with Crippen LogP contribution < -0.4 is 0 Å². The monoisotopic (exact) mass is 248 g/mol. The van der Waals surface area contributed by atoms with Crippen molar-refractivity contribution in [2.75, 3.05) is 13.1 Å². The first-order valence-corrected chi connectivity index (χ1v) is 6.52. The van der Waals surface area contributed by atoms with E-state index in [4.69, 9.17) is 0 Å². The van der Waals surface area contributed by atoms with Crippen molar-refractivity contribution in [1.29, 1.82) is 0 Å². The van der Waals surface area contributed by atoms with E-state index in [9.17, 15) is 10.1 Å². The van der Waals surface area contributed by atoms with Gasteiger partial charge in [0.1, 0.15) is 0 Å². The molecule has 1 saturated heterocycles. The Hall–Kier alpha value is -1.42. The van der Waals surface area contributed by atoms with E-state index in [-0.39, 0.29) is 16.1 Å². The SMILES string of the molecule is CC(C)(c1ccc([N+](=O)[O-])cc1)N1CCCCC1. The third kappa shape index (κ3) is 2.53. The van der Waals surface area contributed by atoms with E-state index in [2.05, 4.69) is 18.7 Å². The molecule has 1 aliphatic heterocycles. The average molecular weight is 248 g/mol. The molecular weight excluding hydrogens is 228 g/mol. The highest BCUT2D eigenvalue weighted by Gasteiger charge is 2.29. The van der Waals surface area contributed by atoms with Crippen molar-refractivity contribution in [3.63, 3.8) is 0 Å². The van der Waals surface area contributed by atoms with E-state index in [0.29, 0.717) is 0 Å². The van der Waals surface area contributed by atoms with Gasteiger partial charge in [-0.05, 0) is 45.3 Å². The summed E-state index contributed by atoms with van der Waals surface area (Å²) < 4.78 is 0. The predicted molar refractivity (Wildman–Crippen MR) is 71.5 cm³/mol. The van der Waals surface area contributed by atoms with Crippen LogP contribution in [-0.4, -0.2) is 22.9 Å². The van der Waals surface area contributed by atoms with Gasteiger partial charge in [-0.1, -0.05) is 18.6 Å². The van der Waals surface area contributed by atoms with E-state index >= 15 is 0 Å². The number of piperidine rings is 1. The molecule has 1 aromatic rings. The average Bonchev–Trinajstić information content (AvgIpc) is 2.40. The summed E-state index contributed by atoms with van der Waals surface area (Å²) in [5.74, 6) is 0. The van der Waals surface area contributed by atoms with Gasteiger partial charge in [-0.15, -0.1) is 0 Å². The number of rotatable bonds is 3. The maximum absolute atomic E-state index is 10.7. The fraction of sp³-hybridized carbons (Fsp3) is 0.571. The Kier molecular flexibility index (Phi) is 3.66. The van der Waals surface area contributed by atoms with Gasteiger partial charge in [-0.25, -0.2) is 0 Å². The Labute approximate surface area is 108 Å². The molecule has 0 amide bonds. The number of hydrogen-bond acceptors (Lipinski definition) is 3. The van der Waals surface area contributed by atoms with Crippen LogP contribution in [0.25, 0.3) is 0 Å². The number of benzene rings is 1. The lowest BCUT2D eigenvalue weighted by molar-refractivity contribution is -0.384. The number of non-ortho nitro benzene ring substituents is 1. The molecule has 2 rings (SSSR count). The quantitative estimate of drug-likeness (QED) is 0.609. The van der Waals surface area contributed by atoms with Gasteiger partial charge in [0.05, 0.1) is 4.92 Å². The normalized spacial score (nSPS) is 17.7. The van der Waals surface area contributed by atoms with Crippen LogP contribution in [0.4, 0.5) is 5.69 Å². The second kappa shape index (κ2) is 5.06. The van der Waals surface area contributed by atoms with Gasteiger partial charge in [-0.3, -0.25) is 15.0 Å². The Balaban J connectivity index is 2.20. The van der Waals surface area contributed by atoms with Crippen molar-refractivity contribution in [3.8, 4) is 0 Å². The Morgan fingerprint density at radius 3 is 2.17 bits per heavy atom. The zero-order valence-electron chi connectivity index (χ0n) is 11.1. The molecule has 0 aliphatic carbocycles. The molecule has 0 atom stereocenters. The number of likely N-dealkylation sites (tertiary alicyclic amines) is 1. The molecule has 1 fully saturated rings. The Morgan fingerprint density at radius 2 is 1.67 bits per heavy atom. The Morgan fingerprint density at radius 1 is 1.11 bits per heavy atom. The van der Waals surface area contributed by atoms with Crippen LogP contribution in [0.2, 0.25) is 0 Å². The van der Waals surface area contributed by atoms with Gasteiger partial charge in [0, 0.05) is 17.7 Å². The summed E-state index contributed by atoms with van der Waals surface area (Å²) in [5.41, 5.74) is 1.26. The summed E-state index contributed by atoms with van der Waals surface area (Å²) in [5, 5.41) is 10.7. The van der Waals surface area contributed by atoms with Crippen LogP contribution in [0.3, 0.4) is 0 Å². The fourth-order valence-corrected chi connectivity index (χ4v) is 2.63. The minimum Gasteiger partial charge on any atom is -0.294 e. The van der Waals surface area contributed by atoms with Crippen LogP contribution in [-0.2, 0) is 5.54 Å². The van der Waals surface area contributed by atoms with Crippen LogP contribution >= 0.6 is 0 Å². The first-order chi connectivity index (χ1) is 8.51. The van der Waals surface area contributed by atoms with Gasteiger partial charge < -0.3 is 0 Å². The zero-order valence-corrected chi connectivity index (χ0v) is 11.1.